The van der Waals surface area contributed by atoms with E-state index in [9.17, 15) is 13.8 Å². The molecule has 1 saturated heterocycles. The number of likely N-dealkylation sites (N-methyl/N-ethyl adjacent to an activating group) is 1. The second kappa shape index (κ2) is 7.13. The zero-order valence-corrected chi connectivity index (χ0v) is 14.3. The first kappa shape index (κ1) is 16.6. The van der Waals surface area contributed by atoms with Crippen LogP contribution in [0.5, 0.6) is 0 Å². The summed E-state index contributed by atoms with van der Waals surface area (Å²) in [5, 5.41) is 4.63. The van der Waals surface area contributed by atoms with Gasteiger partial charge >= 0.3 is 11.8 Å². The zero-order chi connectivity index (χ0) is 17.1. The summed E-state index contributed by atoms with van der Waals surface area (Å²) < 4.78 is 11.4. The molecular formula is C18H20N2O3S. The molecule has 126 valence electrons. The van der Waals surface area contributed by atoms with Gasteiger partial charge in [-0.1, -0.05) is 36.4 Å². The minimum absolute atomic E-state index is 0.0199. The van der Waals surface area contributed by atoms with E-state index in [1.54, 1.807) is 13.1 Å². The summed E-state index contributed by atoms with van der Waals surface area (Å²) in [7, 11) is 0.856. The van der Waals surface area contributed by atoms with Crippen molar-refractivity contribution in [3.8, 4) is 0 Å². The lowest BCUT2D eigenvalue weighted by Gasteiger charge is -2.30. The van der Waals surface area contributed by atoms with Gasteiger partial charge in [0.25, 0.3) is 0 Å². The van der Waals surface area contributed by atoms with E-state index in [-0.39, 0.29) is 6.04 Å². The second-order valence-electron chi connectivity index (χ2n) is 5.98. The van der Waals surface area contributed by atoms with Crippen LogP contribution in [0, 0.1) is 0 Å². The van der Waals surface area contributed by atoms with Gasteiger partial charge in [0.1, 0.15) is 0 Å². The molecule has 1 N–H and O–H groups in total. The van der Waals surface area contributed by atoms with Gasteiger partial charge < -0.3 is 10.2 Å². The fourth-order valence-electron chi connectivity index (χ4n) is 3.00. The SMILES string of the molecule is CN(C(=O)C(=O)Nc1cccc2ccccc12)C1CCS(=O)CC1. The zero-order valence-electron chi connectivity index (χ0n) is 13.5. The number of hydrogen-bond donors (Lipinski definition) is 1. The first-order valence-electron chi connectivity index (χ1n) is 7.97. The van der Waals surface area contributed by atoms with Crippen LogP contribution in [-0.4, -0.2) is 45.5 Å². The molecular weight excluding hydrogens is 324 g/mol. The maximum atomic E-state index is 12.4. The summed E-state index contributed by atoms with van der Waals surface area (Å²) in [5.41, 5.74) is 0.629. The average molecular weight is 344 g/mol. The van der Waals surface area contributed by atoms with Crippen LogP contribution in [0.1, 0.15) is 12.8 Å². The van der Waals surface area contributed by atoms with Gasteiger partial charge in [0.05, 0.1) is 0 Å². The molecule has 2 amide bonds. The highest BCUT2D eigenvalue weighted by Gasteiger charge is 2.28. The van der Waals surface area contributed by atoms with Crippen LogP contribution < -0.4 is 5.32 Å². The van der Waals surface area contributed by atoms with Gasteiger partial charge in [0, 0.05) is 46.5 Å². The predicted molar refractivity (Wildman–Crippen MR) is 96.2 cm³/mol. The third-order valence-electron chi connectivity index (χ3n) is 4.46. The van der Waals surface area contributed by atoms with E-state index in [1.807, 2.05) is 36.4 Å². The van der Waals surface area contributed by atoms with E-state index in [4.69, 9.17) is 0 Å². The highest BCUT2D eigenvalue weighted by molar-refractivity contribution is 7.85. The Kier molecular flexibility index (Phi) is 4.94. The van der Waals surface area contributed by atoms with Crippen molar-refractivity contribution < 1.29 is 13.8 Å². The maximum absolute atomic E-state index is 12.4. The number of rotatable bonds is 2. The Labute approximate surface area is 143 Å². The molecule has 0 aromatic heterocycles. The largest absolute Gasteiger partial charge is 0.334 e. The molecule has 1 heterocycles. The summed E-state index contributed by atoms with van der Waals surface area (Å²) >= 11 is 0. The number of benzene rings is 2. The van der Waals surface area contributed by atoms with Crippen molar-refractivity contribution in [1.82, 2.24) is 4.90 Å². The smallest absolute Gasteiger partial charge is 0.313 e. The van der Waals surface area contributed by atoms with E-state index in [0.717, 1.165) is 10.8 Å². The van der Waals surface area contributed by atoms with Crippen molar-refractivity contribution in [3.63, 3.8) is 0 Å². The van der Waals surface area contributed by atoms with E-state index in [0.29, 0.717) is 30.0 Å². The number of anilines is 1. The molecule has 1 aliphatic rings. The topological polar surface area (TPSA) is 66.5 Å². The lowest BCUT2D eigenvalue weighted by molar-refractivity contribution is -0.143. The summed E-state index contributed by atoms with van der Waals surface area (Å²) in [6, 6.07) is 13.3. The molecule has 1 fully saturated rings. The van der Waals surface area contributed by atoms with Gasteiger partial charge in [-0.25, -0.2) is 0 Å². The molecule has 0 spiro atoms. The van der Waals surface area contributed by atoms with Gasteiger partial charge in [-0.05, 0) is 24.3 Å². The number of nitrogens with one attached hydrogen (secondary N) is 1. The molecule has 0 radical (unpaired) electrons. The lowest BCUT2D eigenvalue weighted by atomic mass is 10.1. The second-order valence-corrected chi connectivity index (χ2v) is 7.67. The van der Waals surface area contributed by atoms with Crippen LogP contribution in [0.4, 0.5) is 5.69 Å². The first-order chi connectivity index (χ1) is 11.6. The molecule has 24 heavy (non-hydrogen) atoms. The van der Waals surface area contributed by atoms with Crippen molar-refractivity contribution in [2.24, 2.45) is 0 Å². The summed E-state index contributed by atoms with van der Waals surface area (Å²) in [4.78, 5) is 26.2. The van der Waals surface area contributed by atoms with Gasteiger partial charge in [0.2, 0.25) is 0 Å². The molecule has 6 heteroatoms. The molecule has 0 unspecified atom stereocenters. The minimum atomic E-state index is -0.787. The number of carbonyl (C=O) groups is 2. The molecule has 1 aliphatic heterocycles. The summed E-state index contributed by atoms with van der Waals surface area (Å²) in [5.74, 6) is -0.0124. The molecule has 0 atom stereocenters. The van der Waals surface area contributed by atoms with Gasteiger partial charge in [-0.15, -0.1) is 0 Å². The third-order valence-corrected chi connectivity index (χ3v) is 5.84. The molecule has 0 aliphatic carbocycles. The van der Waals surface area contributed by atoms with Crippen LogP contribution in [0.15, 0.2) is 42.5 Å². The van der Waals surface area contributed by atoms with E-state index in [2.05, 4.69) is 5.32 Å². The van der Waals surface area contributed by atoms with Crippen molar-refractivity contribution in [2.45, 2.75) is 18.9 Å². The Morgan fingerprint density at radius 3 is 2.50 bits per heavy atom. The van der Waals surface area contributed by atoms with Gasteiger partial charge in [-0.3, -0.25) is 13.8 Å². The first-order valence-corrected chi connectivity index (χ1v) is 9.46. The number of nitrogens with zero attached hydrogens (tertiary/aromatic N) is 1. The fraction of sp³-hybridized carbons (Fsp3) is 0.333. The average Bonchev–Trinajstić information content (AvgIpc) is 2.61. The molecule has 2 aromatic rings. The number of amides is 2. The summed E-state index contributed by atoms with van der Waals surface area (Å²) in [6.07, 6.45) is 1.35. The Bertz CT molecular complexity index is 790. The Morgan fingerprint density at radius 2 is 1.75 bits per heavy atom. The van der Waals surface area contributed by atoms with E-state index < -0.39 is 22.6 Å². The highest BCUT2D eigenvalue weighted by Crippen LogP contribution is 2.23. The monoisotopic (exact) mass is 344 g/mol. The van der Waals surface area contributed by atoms with Crippen LogP contribution in [0.3, 0.4) is 0 Å². The molecule has 0 saturated carbocycles. The fourth-order valence-corrected chi connectivity index (χ4v) is 4.28. The highest BCUT2D eigenvalue weighted by atomic mass is 32.2. The minimum Gasteiger partial charge on any atom is -0.334 e. The Hall–Kier alpha value is -2.21. The maximum Gasteiger partial charge on any atom is 0.313 e. The molecule has 5 nitrogen and oxygen atoms in total. The molecule has 0 bridgehead atoms. The van der Waals surface area contributed by atoms with Gasteiger partial charge in [-0.2, -0.15) is 0 Å². The summed E-state index contributed by atoms with van der Waals surface area (Å²) in [6.45, 7) is 0. The standard InChI is InChI=1S/C18H20N2O3S/c1-20(14-9-11-24(23)12-10-14)18(22)17(21)19-16-8-4-6-13-5-2-3-7-15(13)16/h2-8,14H,9-12H2,1H3,(H,19,21). The third kappa shape index (κ3) is 3.48. The van der Waals surface area contributed by atoms with Crippen LogP contribution >= 0.6 is 0 Å². The van der Waals surface area contributed by atoms with Crippen LogP contribution in [-0.2, 0) is 20.4 Å². The molecule has 3 rings (SSSR count). The normalized spacial score (nSPS) is 20.5. The van der Waals surface area contributed by atoms with Crippen molar-refractivity contribution in [3.05, 3.63) is 42.5 Å². The van der Waals surface area contributed by atoms with Gasteiger partial charge in [0.15, 0.2) is 0 Å². The van der Waals surface area contributed by atoms with Crippen molar-refractivity contribution in [1.29, 1.82) is 0 Å². The lowest BCUT2D eigenvalue weighted by Crippen LogP contribution is -2.45. The number of fused-ring (bicyclic) bond motifs is 1. The quantitative estimate of drug-likeness (QED) is 0.849. The van der Waals surface area contributed by atoms with Crippen LogP contribution in [0.2, 0.25) is 0 Å². The number of hydrogen-bond acceptors (Lipinski definition) is 3. The number of carbonyl (C=O) groups excluding carboxylic acids is 2. The molecule has 2 aromatic carbocycles. The van der Waals surface area contributed by atoms with Crippen LogP contribution in [0.25, 0.3) is 10.8 Å². The Morgan fingerprint density at radius 1 is 1.08 bits per heavy atom. The van der Waals surface area contributed by atoms with Crippen molar-refractivity contribution in [2.75, 3.05) is 23.9 Å². The van der Waals surface area contributed by atoms with E-state index in [1.165, 1.54) is 4.90 Å². The van der Waals surface area contributed by atoms with Crippen molar-refractivity contribution >= 4 is 39.1 Å². The Balaban J connectivity index is 1.71. The van der Waals surface area contributed by atoms with E-state index >= 15 is 0 Å². The predicted octanol–water partition coefficient (Wildman–Crippen LogP) is 2.15.